The fourth-order valence-electron chi connectivity index (χ4n) is 2.21. The Morgan fingerprint density at radius 1 is 1.09 bits per heavy atom. The van der Waals surface area contributed by atoms with Gasteiger partial charge in [0.05, 0.1) is 11.7 Å². The molecule has 0 aliphatic heterocycles. The molecule has 0 bridgehead atoms. The van der Waals surface area contributed by atoms with Gasteiger partial charge in [-0.15, -0.1) is 0 Å². The largest absolute Gasteiger partial charge is 0.346 e. The molecule has 0 radical (unpaired) electrons. The van der Waals surface area contributed by atoms with Crippen LogP contribution in [0.15, 0.2) is 67.3 Å². The second-order valence-corrected chi connectivity index (χ2v) is 4.99. The van der Waals surface area contributed by atoms with Gasteiger partial charge in [-0.1, -0.05) is 30.3 Å². The molecule has 3 aromatic rings. The molecular weight excluding hydrogens is 276 g/mol. The molecule has 2 aromatic carbocycles. The Kier molecular flexibility index (Phi) is 3.96. The maximum Gasteiger partial charge on any atom is 0.251 e. The number of rotatable bonds is 4. The molecule has 0 aliphatic carbocycles. The van der Waals surface area contributed by atoms with Crippen molar-refractivity contribution < 1.29 is 4.79 Å². The van der Waals surface area contributed by atoms with E-state index >= 15 is 0 Å². The summed E-state index contributed by atoms with van der Waals surface area (Å²) in [7, 11) is 0. The molecule has 0 aliphatic rings. The maximum atomic E-state index is 12.1. The lowest BCUT2D eigenvalue weighted by molar-refractivity contribution is 0.0940. The van der Waals surface area contributed by atoms with Gasteiger partial charge in [0.1, 0.15) is 12.7 Å². The molecule has 0 spiro atoms. The number of hydrogen-bond donors (Lipinski definition) is 1. The van der Waals surface area contributed by atoms with Crippen molar-refractivity contribution in [3.8, 4) is 5.69 Å². The normalized spacial score (nSPS) is 11.9. The van der Waals surface area contributed by atoms with E-state index in [0.717, 1.165) is 11.3 Å². The fraction of sp³-hybridized carbons (Fsp3) is 0.118. The fourth-order valence-corrected chi connectivity index (χ4v) is 2.21. The zero-order chi connectivity index (χ0) is 15.4. The number of benzene rings is 2. The molecule has 1 amide bonds. The third kappa shape index (κ3) is 3.03. The number of carbonyl (C=O) groups excluding carboxylic acids is 1. The molecule has 22 heavy (non-hydrogen) atoms. The van der Waals surface area contributed by atoms with E-state index in [1.807, 2.05) is 49.4 Å². The number of amides is 1. The molecule has 5 heteroatoms. The van der Waals surface area contributed by atoms with E-state index in [1.54, 1.807) is 23.1 Å². The molecule has 1 aromatic heterocycles. The number of nitrogens with zero attached hydrogens (tertiary/aromatic N) is 3. The van der Waals surface area contributed by atoms with Crippen molar-refractivity contribution in [2.24, 2.45) is 0 Å². The van der Waals surface area contributed by atoms with E-state index in [4.69, 9.17) is 0 Å². The molecule has 110 valence electrons. The van der Waals surface area contributed by atoms with Crippen LogP contribution in [-0.4, -0.2) is 20.7 Å². The molecule has 0 saturated carbocycles. The Balaban J connectivity index is 1.70. The summed E-state index contributed by atoms with van der Waals surface area (Å²) in [5.41, 5.74) is 2.63. The van der Waals surface area contributed by atoms with Crippen molar-refractivity contribution in [3.63, 3.8) is 0 Å². The van der Waals surface area contributed by atoms with Gasteiger partial charge in [0.25, 0.3) is 5.91 Å². The standard InChI is InChI=1S/C17H16N4O/c1-13(20-17(22)15-5-3-2-4-6-15)14-7-9-16(10-8-14)21-12-18-11-19-21/h2-13H,1H3,(H,20,22)/t13-/m1/s1. The number of aromatic nitrogens is 3. The van der Waals surface area contributed by atoms with Gasteiger partial charge in [0.15, 0.2) is 0 Å². The first-order chi connectivity index (χ1) is 10.7. The van der Waals surface area contributed by atoms with Crippen LogP contribution in [0, 0.1) is 0 Å². The number of nitrogens with one attached hydrogen (secondary N) is 1. The summed E-state index contributed by atoms with van der Waals surface area (Å²) in [6, 6.07) is 17.0. The summed E-state index contributed by atoms with van der Waals surface area (Å²) in [5.74, 6) is -0.0755. The summed E-state index contributed by atoms with van der Waals surface area (Å²) in [6.07, 6.45) is 3.15. The Morgan fingerprint density at radius 2 is 1.82 bits per heavy atom. The van der Waals surface area contributed by atoms with Crippen molar-refractivity contribution in [1.82, 2.24) is 20.1 Å². The van der Waals surface area contributed by atoms with E-state index in [-0.39, 0.29) is 11.9 Å². The van der Waals surface area contributed by atoms with Gasteiger partial charge in [0, 0.05) is 5.56 Å². The summed E-state index contributed by atoms with van der Waals surface area (Å²) < 4.78 is 1.69. The van der Waals surface area contributed by atoms with Crippen LogP contribution in [0.4, 0.5) is 0 Å². The topological polar surface area (TPSA) is 59.8 Å². The van der Waals surface area contributed by atoms with Gasteiger partial charge in [-0.25, -0.2) is 9.67 Å². The molecule has 1 atom stereocenters. The minimum atomic E-state index is -0.0755. The summed E-state index contributed by atoms with van der Waals surface area (Å²) in [5, 5.41) is 7.08. The smallest absolute Gasteiger partial charge is 0.251 e. The van der Waals surface area contributed by atoms with Crippen molar-refractivity contribution >= 4 is 5.91 Å². The van der Waals surface area contributed by atoms with Gasteiger partial charge >= 0.3 is 0 Å². The highest BCUT2D eigenvalue weighted by atomic mass is 16.1. The molecule has 1 heterocycles. The van der Waals surface area contributed by atoms with Gasteiger partial charge in [-0.2, -0.15) is 5.10 Å². The van der Waals surface area contributed by atoms with Crippen LogP contribution in [-0.2, 0) is 0 Å². The molecular formula is C17H16N4O. The monoisotopic (exact) mass is 292 g/mol. The van der Waals surface area contributed by atoms with Crippen LogP contribution in [0.5, 0.6) is 0 Å². The Hall–Kier alpha value is -2.95. The second-order valence-electron chi connectivity index (χ2n) is 4.99. The first-order valence-corrected chi connectivity index (χ1v) is 7.05. The van der Waals surface area contributed by atoms with Gasteiger partial charge in [0.2, 0.25) is 0 Å². The Labute approximate surface area is 128 Å². The van der Waals surface area contributed by atoms with Gasteiger partial charge in [-0.3, -0.25) is 4.79 Å². The quantitative estimate of drug-likeness (QED) is 0.804. The molecule has 0 unspecified atom stereocenters. The predicted octanol–water partition coefficient (Wildman–Crippen LogP) is 2.76. The average Bonchev–Trinajstić information content (AvgIpc) is 3.10. The van der Waals surface area contributed by atoms with Crippen LogP contribution >= 0.6 is 0 Å². The highest BCUT2D eigenvalue weighted by Gasteiger charge is 2.11. The minimum absolute atomic E-state index is 0.0718. The summed E-state index contributed by atoms with van der Waals surface area (Å²) in [4.78, 5) is 16.1. The number of carbonyl (C=O) groups is 1. The van der Waals surface area contributed by atoms with Crippen LogP contribution in [0.1, 0.15) is 28.9 Å². The van der Waals surface area contributed by atoms with Gasteiger partial charge in [-0.05, 0) is 36.8 Å². The van der Waals surface area contributed by atoms with Crippen LogP contribution in [0.25, 0.3) is 5.69 Å². The summed E-state index contributed by atoms with van der Waals surface area (Å²) in [6.45, 7) is 1.96. The van der Waals surface area contributed by atoms with E-state index in [2.05, 4.69) is 15.4 Å². The summed E-state index contributed by atoms with van der Waals surface area (Å²) >= 11 is 0. The minimum Gasteiger partial charge on any atom is -0.346 e. The van der Waals surface area contributed by atoms with E-state index in [1.165, 1.54) is 6.33 Å². The van der Waals surface area contributed by atoms with Crippen LogP contribution < -0.4 is 5.32 Å². The zero-order valence-corrected chi connectivity index (χ0v) is 12.2. The first kappa shape index (κ1) is 14.0. The Bertz CT molecular complexity index is 736. The lowest BCUT2D eigenvalue weighted by Crippen LogP contribution is -2.26. The van der Waals surface area contributed by atoms with Crippen LogP contribution in [0.2, 0.25) is 0 Å². The maximum absolute atomic E-state index is 12.1. The van der Waals surface area contributed by atoms with Crippen molar-refractivity contribution in [2.75, 3.05) is 0 Å². The van der Waals surface area contributed by atoms with Crippen LogP contribution in [0.3, 0.4) is 0 Å². The van der Waals surface area contributed by atoms with Gasteiger partial charge < -0.3 is 5.32 Å². The van der Waals surface area contributed by atoms with E-state index in [9.17, 15) is 4.79 Å². The third-order valence-corrected chi connectivity index (χ3v) is 3.46. The lowest BCUT2D eigenvalue weighted by Gasteiger charge is -2.15. The van der Waals surface area contributed by atoms with Crippen molar-refractivity contribution in [2.45, 2.75) is 13.0 Å². The molecule has 0 saturated heterocycles. The second kappa shape index (κ2) is 6.22. The molecule has 5 nitrogen and oxygen atoms in total. The first-order valence-electron chi connectivity index (χ1n) is 7.05. The average molecular weight is 292 g/mol. The Morgan fingerprint density at radius 3 is 2.45 bits per heavy atom. The highest BCUT2D eigenvalue weighted by molar-refractivity contribution is 5.94. The van der Waals surface area contributed by atoms with Crippen molar-refractivity contribution in [1.29, 1.82) is 0 Å². The van der Waals surface area contributed by atoms with E-state index in [0.29, 0.717) is 5.56 Å². The molecule has 0 fully saturated rings. The third-order valence-electron chi connectivity index (χ3n) is 3.46. The van der Waals surface area contributed by atoms with E-state index < -0.39 is 0 Å². The highest BCUT2D eigenvalue weighted by Crippen LogP contribution is 2.15. The lowest BCUT2D eigenvalue weighted by atomic mass is 10.1. The SMILES string of the molecule is C[C@@H](NC(=O)c1ccccc1)c1ccc(-n2cncn2)cc1. The molecule has 1 N–H and O–H groups in total. The van der Waals surface area contributed by atoms with Crippen molar-refractivity contribution in [3.05, 3.63) is 78.4 Å². The number of hydrogen-bond acceptors (Lipinski definition) is 3. The molecule has 3 rings (SSSR count). The zero-order valence-electron chi connectivity index (χ0n) is 12.2. The predicted molar refractivity (Wildman–Crippen MR) is 83.7 cm³/mol.